The van der Waals surface area contributed by atoms with E-state index < -0.39 is 0 Å². The minimum atomic E-state index is 0.845. The van der Waals surface area contributed by atoms with Gasteiger partial charge in [0, 0.05) is 81.2 Å². The van der Waals surface area contributed by atoms with E-state index in [0.29, 0.717) is 0 Å². The topological polar surface area (TPSA) is 24.6 Å². The lowest BCUT2D eigenvalue weighted by Gasteiger charge is -2.30. The highest BCUT2D eigenvalue weighted by Crippen LogP contribution is 2.47. The van der Waals surface area contributed by atoms with Crippen molar-refractivity contribution < 1.29 is 4.42 Å². The van der Waals surface area contributed by atoms with Gasteiger partial charge in [0.15, 0.2) is 0 Å². The lowest BCUT2D eigenvalue weighted by atomic mass is 9.98. The highest BCUT2D eigenvalue weighted by Gasteiger charge is 2.22. The molecular formula is C74H47N3OS. The first-order valence-corrected chi connectivity index (χ1v) is 27.7. The molecule has 0 aliphatic carbocycles. The van der Waals surface area contributed by atoms with Crippen LogP contribution >= 0.6 is 11.3 Å². The van der Waals surface area contributed by atoms with Crippen molar-refractivity contribution in [1.29, 1.82) is 0 Å². The predicted molar refractivity (Wildman–Crippen MR) is 336 cm³/mol. The maximum absolute atomic E-state index is 6.69. The number of para-hydroxylation sites is 2. The molecule has 0 amide bonds. The molecule has 16 rings (SSSR count). The van der Waals surface area contributed by atoms with Crippen LogP contribution < -0.4 is 9.80 Å². The zero-order chi connectivity index (χ0) is 52.0. The highest BCUT2D eigenvalue weighted by molar-refractivity contribution is 7.25. The van der Waals surface area contributed by atoms with Crippen LogP contribution in [0.15, 0.2) is 290 Å². The van der Waals surface area contributed by atoms with Crippen LogP contribution in [-0.2, 0) is 0 Å². The van der Waals surface area contributed by atoms with Crippen LogP contribution in [0.5, 0.6) is 0 Å². The highest BCUT2D eigenvalue weighted by atomic mass is 32.1. The van der Waals surface area contributed by atoms with Gasteiger partial charge in [0.2, 0.25) is 0 Å². The lowest BCUT2D eigenvalue weighted by molar-refractivity contribution is 0.669. The summed E-state index contributed by atoms with van der Waals surface area (Å²) in [5.74, 6) is 0. The van der Waals surface area contributed by atoms with E-state index in [1.54, 1.807) is 0 Å². The largest absolute Gasteiger partial charge is 0.456 e. The molecule has 0 atom stereocenters. The molecule has 5 heteroatoms. The molecule has 79 heavy (non-hydrogen) atoms. The van der Waals surface area contributed by atoms with E-state index in [1.807, 2.05) is 11.3 Å². The predicted octanol–water partition coefficient (Wildman–Crippen LogP) is 21.6. The summed E-state index contributed by atoms with van der Waals surface area (Å²) in [5, 5.41) is 11.9. The van der Waals surface area contributed by atoms with Gasteiger partial charge in [0.25, 0.3) is 0 Å². The number of anilines is 6. The van der Waals surface area contributed by atoms with E-state index in [2.05, 4.69) is 299 Å². The molecule has 0 radical (unpaired) electrons. The summed E-state index contributed by atoms with van der Waals surface area (Å²) >= 11 is 1.84. The smallest absolute Gasteiger partial charge is 0.135 e. The third-order valence-corrected chi connectivity index (χ3v) is 17.1. The summed E-state index contributed by atoms with van der Waals surface area (Å²) in [7, 11) is 0. The molecule has 370 valence electrons. The average Bonchev–Trinajstić information content (AvgIpc) is 4.28. The lowest BCUT2D eigenvalue weighted by Crippen LogP contribution is -2.13. The molecule has 0 saturated carbocycles. The minimum Gasteiger partial charge on any atom is -0.456 e. The Morgan fingerprint density at radius 2 is 0.835 bits per heavy atom. The Morgan fingerprint density at radius 1 is 0.291 bits per heavy atom. The SMILES string of the molecule is c1ccc(-n2c3ccccc3c3ccc(-c4ccc5oc6ccc(N(c7cccc(N(c8ccc(-c9cccc%10ccccc9%10)cc8)c8cccc9ccccc89)c7)c7ccc8sc9ccccc9c8c7)cc6c5c4)cc32)cc1. The van der Waals surface area contributed by atoms with Crippen molar-refractivity contribution in [2.45, 2.75) is 0 Å². The van der Waals surface area contributed by atoms with E-state index >= 15 is 0 Å². The Balaban J connectivity index is 0.861. The second-order valence-corrected chi connectivity index (χ2v) is 21.5. The standard InChI is InChI=1S/C74H47N3OS/c1-2-19-53(20-3-1)77-69-28-10-8-25-62(69)63-39-33-52(44-70(63)77)51-34-40-71-65(43-51)66-46-57(37-41-72(66)78-71)75(58-38-42-74-67(47-58)64-26-9-11-30-73(64)79-74)55-21-14-22-56(45-55)76(68-29-13-18-49-16-5-7-24-61(49)68)54-35-31-50(32-36-54)60-27-12-17-48-15-4-6-23-59(48)60/h1-47H. The van der Waals surface area contributed by atoms with Crippen molar-refractivity contribution in [3.05, 3.63) is 285 Å². The van der Waals surface area contributed by atoms with Gasteiger partial charge in [-0.1, -0.05) is 170 Å². The number of hydrogen-bond acceptors (Lipinski definition) is 4. The summed E-state index contributed by atoms with van der Waals surface area (Å²) < 4.78 is 11.6. The van der Waals surface area contributed by atoms with Gasteiger partial charge in [-0.15, -0.1) is 11.3 Å². The molecule has 16 aromatic rings. The van der Waals surface area contributed by atoms with Crippen LogP contribution in [0.2, 0.25) is 0 Å². The second-order valence-electron chi connectivity index (χ2n) is 20.5. The van der Waals surface area contributed by atoms with Crippen molar-refractivity contribution in [2.75, 3.05) is 9.80 Å². The number of hydrogen-bond donors (Lipinski definition) is 0. The Morgan fingerprint density at radius 3 is 1.67 bits per heavy atom. The molecule has 0 N–H and O–H groups in total. The van der Waals surface area contributed by atoms with Crippen LogP contribution in [0.25, 0.3) is 113 Å². The Hall–Kier alpha value is -10.2. The van der Waals surface area contributed by atoms with E-state index in [-0.39, 0.29) is 0 Å². The van der Waals surface area contributed by atoms with Crippen LogP contribution in [0.3, 0.4) is 0 Å². The fourth-order valence-electron chi connectivity index (χ4n) is 12.3. The summed E-state index contributed by atoms with van der Waals surface area (Å²) in [6, 6.07) is 104. The second kappa shape index (κ2) is 18.2. The summed E-state index contributed by atoms with van der Waals surface area (Å²) in [4.78, 5) is 4.83. The van der Waals surface area contributed by atoms with Gasteiger partial charge in [0.1, 0.15) is 11.2 Å². The Kier molecular flexibility index (Phi) is 10.4. The van der Waals surface area contributed by atoms with Crippen molar-refractivity contribution in [3.8, 4) is 27.9 Å². The average molecular weight is 1030 g/mol. The summed E-state index contributed by atoms with van der Waals surface area (Å²) in [6.45, 7) is 0. The van der Waals surface area contributed by atoms with Gasteiger partial charge in [-0.05, 0) is 154 Å². The molecule has 0 saturated heterocycles. The fraction of sp³-hybridized carbons (Fsp3) is 0. The van der Waals surface area contributed by atoms with Gasteiger partial charge >= 0.3 is 0 Å². The monoisotopic (exact) mass is 1030 g/mol. The molecule has 0 fully saturated rings. The van der Waals surface area contributed by atoms with Crippen LogP contribution in [0.1, 0.15) is 0 Å². The number of benzene rings is 13. The molecule has 4 nitrogen and oxygen atoms in total. The fourth-order valence-corrected chi connectivity index (χ4v) is 13.3. The Labute approximate surface area is 460 Å². The molecule has 0 aliphatic heterocycles. The first-order valence-electron chi connectivity index (χ1n) is 26.9. The minimum absolute atomic E-state index is 0.845. The van der Waals surface area contributed by atoms with Crippen molar-refractivity contribution >= 4 is 131 Å². The van der Waals surface area contributed by atoms with E-state index in [0.717, 1.165) is 72.9 Å². The number of aromatic nitrogens is 1. The number of thiophene rings is 1. The molecule has 0 spiro atoms. The third-order valence-electron chi connectivity index (χ3n) is 15.9. The number of furan rings is 1. The number of rotatable bonds is 9. The van der Waals surface area contributed by atoms with Gasteiger partial charge in [-0.3, -0.25) is 0 Å². The zero-order valence-corrected chi connectivity index (χ0v) is 43.6. The number of nitrogens with zero attached hydrogens (tertiary/aromatic N) is 3. The van der Waals surface area contributed by atoms with Crippen LogP contribution in [0.4, 0.5) is 34.1 Å². The van der Waals surface area contributed by atoms with Crippen molar-refractivity contribution in [2.24, 2.45) is 0 Å². The molecule has 3 heterocycles. The maximum atomic E-state index is 6.69. The van der Waals surface area contributed by atoms with E-state index in [4.69, 9.17) is 4.42 Å². The Bertz CT molecular complexity index is 5040. The molecule has 13 aromatic carbocycles. The quantitative estimate of drug-likeness (QED) is 0.144. The van der Waals surface area contributed by atoms with Gasteiger partial charge in [-0.25, -0.2) is 0 Å². The molecule has 0 bridgehead atoms. The first kappa shape index (κ1) is 45.0. The molecule has 0 aliphatic rings. The normalized spacial score (nSPS) is 11.8. The molecule has 0 unspecified atom stereocenters. The molecule has 3 aromatic heterocycles. The molecular weight excluding hydrogens is 979 g/mol. The summed E-state index contributed by atoms with van der Waals surface area (Å²) in [5.41, 5.74) is 16.2. The van der Waals surface area contributed by atoms with Gasteiger partial charge in [0.05, 0.1) is 16.7 Å². The third kappa shape index (κ3) is 7.50. The first-order chi connectivity index (χ1) is 39.1. The van der Waals surface area contributed by atoms with E-state index in [9.17, 15) is 0 Å². The van der Waals surface area contributed by atoms with E-state index in [1.165, 1.54) is 74.6 Å². The van der Waals surface area contributed by atoms with Crippen molar-refractivity contribution in [1.82, 2.24) is 4.57 Å². The maximum Gasteiger partial charge on any atom is 0.135 e. The zero-order valence-electron chi connectivity index (χ0n) is 42.8. The van der Waals surface area contributed by atoms with Crippen molar-refractivity contribution in [3.63, 3.8) is 0 Å². The van der Waals surface area contributed by atoms with Gasteiger partial charge in [-0.2, -0.15) is 0 Å². The number of fused-ring (bicyclic) bond motifs is 11. The van der Waals surface area contributed by atoms with Crippen LogP contribution in [0, 0.1) is 0 Å². The van der Waals surface area contributed by atoms with Gasteiger partial charge < -0.3 is 18.8 Å². The summed E-state index contributed by atoms with van der Waals surface area (Å²) in [6.07, 6.45) is 0. The van der Waals surface area contributed by atoms with Crippen LogP contribution in [-0.4, -0.2) is 4.57 Å².